The molecule has 0 amide bonds. The summed E-state index contributed by atoms with van der Waals surface area (Å²) in [6.45, 7) is 0. The summed E-state index contributed by atoms with van der Waals surface area (Å²) in [4.78, 5) is 10.8. The summed E-state index contributed by atoms with van der Waals surface area (Å²) in [7, 11) is 0. The molecule has 5 nitrogen and oxygen atoms in total. The minimum atomic E-state index is 0.628. The number of fused-ring (bicyclic) bond motifs is 11. The van der Waals surface area contributed by atoms with E-state index in [0.29, 0.717) is 5.95 Å². The fourth-order valence-electron chi connectivity index (χ4n) is 9.45. The van der Waals surface area contributed by atoms with Gasteiger partial charge in [-0.2, -0.15) is 0 Å². The molecule has 0 radical (unpaired) electrons. The number of hydrogen-bond acceptors (Lipinski definition) is 3. The van der Waals surface area contributed by atoms with Crippen molar-refractivity contribution >= 4 is 87.2 Å². The average molecular weight is 753 g/mol. The molecule has 0 N–H and O–H groups in total. The fraction of sp³-hybridized carbons (Fsp3) is 0. The van der Waals surface area contributed by atoms with E-state index in [9.17, 15) is 0 Å². The van der Waals surface area contributed by atoms with Gasteiger partial charge in [0.25, 0.3) is 0 Å². The van der Waals surface area contributed by atoms with E-state index in [1.165, 1.54) is 32.8 Å². The standard InChI is InChI=1S/C54H32N4O/c1-2-15-37(16-3-1)57-46-22-10-7-17-38(46)42-29-35(25-27-48(42)57)36-26-28-49-43(30-36)39-18-8-11-23-47(39)58(49)54-55-45-21-9-6-19-40(45)53(56-54)41-20-12-24-50-52(41)44-31-33-13-4-5-14-34(33)32-51(44)59-50/h1-32H. The molecule has 9 aromatic carbocycles. The van der Waals surface area contributed by atoms with Gasteiger partial charge in [0, 0.05) is 49.0 Å². The summed E-state index contributed by atoms with van der Waals surface area (Å²) in [6.07, 6.45) is 0. The van der Waals surface area contributed by atoms with Crippen LogP contribution in [0.3, 0.4) is 0 Å². The molecule has 59 heavy (non-hydrogen) atoms. The van der Waals surface area contributed by atoms with Gasteiger partial charge in [0.2, 0.25) is 5.95 Å². The second-order valence-electron chi connectivity index (χ2n) is 15.4. The van der Waals surface area contributed by atoms with Crippen LogP contribution in [0.15, 0.2) is 199 Å². The van der Waals surface area contributed by atoms with E-state index in [1.807, 2.05) is 0 Å². The third kappa shape index (κ3) is 4.73. The minimum Gasteiger partial charge on any atom is -0.456 e. The first-order valence-corrected chi connectivity index (χ1v) is 20.0. The van der Waals surface area contributed by atoms with E-state index in [4.69, 9.17) is 14.4 Å². The van der Waals surface area contributed by atoms with Crippen molar-refractivity contribution in [3.63, 3.8) is 0 Å². The highest BCUT2D eigenvalue weighted by Crippen LogP contribution is 2.42. The number of para-hydroxylation sites is 4. The molecule has 0 unspecified atom stereocenters. The first kappa shape index (κ1) is 32.1. The lowest BCUT2D eigenvalue weighted by atomic mass is 9.99. The van der Waals surface area contributed by atoms with Crippen molar-refractivity contribution in [2.45, 2.75) is 0 Å². The van der Waals surface area contributed by atoms with E-state index in [1.54, 1.807) is 0 Å². The average Bonchev–Trinajstić information content (AvgIpc) is 3.95. The van der Waals surface area contributed by atoms with Crippen molar-refractivity contribution in [3.05, 3.63) is 194 Å². The lowest BCUT2D eigenvalue weighted by molar-refractivity contribution is 0.669. The Morgan fingerprint density at radius 1 is 0.373 bits per heavy atom. The number of furan rings is 1. The Balaban J connectivity index is 1.02. The van der Waals surface area contributed by atoms with Gasteiger partial charge in [-0.15, -0.1) is 0 Å². The summed E-state index contributed by atoms with van der Waals surface area (Å²) >= 11 is 0. The molecule has 13 aromatic rings. The van der Waals surface area contributed by atoms with Crippen molar-refractivity contribution in [3.8, 4) is 34.0 Å². The van der Waals surface area contributed by atoms with E-state index < -0.39 is 0 Å². The minimum absolute atomic E-state index is 0.628. The molecular formula is C54H32N4O. The van der Waals surface area contributed by atoms with E-state index in [0.717, 1.165) is 82.5 Å². The predicted molar refractivity (Wildman–Crippen MR) is 244 cm³/mol. The van der Waals surface area contributed by atoms with Crippen LogP contribution in [0.4, 0.5) is 0 Å². The lowest BCUT2D eigenvalue weighted by Crippen LogP contribution is -2.03. The summed E-state index contributed by atoms with van der Waals surface area (Å²) in [5.74, 6) is 0.628. The Hall–Kier alpha value is -8.02. The lowest BCUT2D eigenvalue weighted by Gasteiger charge is -2.12. The van der Waals surface area contributed by atoms with Gasteiger partial charge < -0.3 is 8.98 Å². The van der Waals surface area contributed by atoms with Crippen LogP contribution >= 0.6 is 0 Å². The van der Waals surface area contributed by atoms with Crippen LogP contribution in [0.1, 0.15) is 0 Å². The number of hydrogen-bond donors (Lipinski definition) is 0. The molecular weight excluding hydrogens is 721 g/mol. The molecule has 4 heterocycles. The maximum absolute atomic E-state index is 6.52. The Morgan fingerprint density at radius 2 is 0.966 bits per heavy atom. The number of aromatic nitrogens is 4. The van der Waals surface area contributed by atoms with Crippen molar-refractivity contribution in [2.75, 3.05) is 0 Å². The molecule has 5 heteroatoms. The van der Waals surface area contributed by atoms with E-state index >= 15 is 0 Å². The van der Waals surface area contributed by atoms with Crippen molar-refractivity contribution in [1.82, 2.24) is 19.1 Å². The maximum atomic E-state index is 6.52. The van der Waals surface area contributed by atoms with Gasteiger partial charge in [0.05, 0.1) is 33.3 Å². The van der Waals surface area contributed by atoms with Crippen LogP contribution in [-0.4, -0.2) is 19.1 Å². The van der Waals surface area contributed by atoms with Gasteiger partial charge in [-0.05, 0) is 94.7 Å². The fourth-order valence-corrected chi connectivity index (χ4v) is 9.45. The van der Waals surface area contributed by atoms with Gasteiger partial charge in [0.15, 0.2) is 0 Å². The van der Waals surface area contributed by atoms with Gasteiger partial charge >= 0.3 is 0 Å². The highest BCUT2D eigenvalue weighted by atomic mass is 16.3. The van der Waals surface area contributed by atoms with Crippen molar-refractivity contribution in [1.29, 1.82) is 0 Å². The summed E-state index contributed by atoms with van der Waals surface area (Å²) in [5.41, 5.74) is 12.5. The maximum Gasteiger partial charge on any atom is 0.235 e. The first-order valence-electron chi connectivity index (χ1n) is 20.0. The second kappa shape index (κ2) is 12.2. The number of nitrogens with zero attached hydrogens (tertiary/aromatic N) is 4. The molecule has 0 spiro atoms. The Labute approximate surface area is 337 Å². The van der Waals surface area contributed by atoms with Gasteiger partial charge in [-0.25, -0.2) is 9.97 Å². The summed E-state index contributed by atoms with van der Waals surface area (Å²) < 4.78 is 11.1. The third-order valence-electron chi connectivity index (χ3n) is 12.1. The van der Waals surface area contributed by atoms with Crippen LogP contribution in [0.5, 0.6) is 0 Å². The Bertz CT molecular complexity index is 3850. The zero-order valence-corrected chi connectivity index (χ0v) is 31.7. The predicted octanol–water partition coefficient (Wildman–Crippen LogP) is 14.2. The van der Waals surface area contributed by atoms with Crippen LogP contribution < -0.4 is 0 Å². The molecule has 0 aliphatic carbocycles. The normalized spacial score (nSPS) is 12.1. The van der Waals surface area contributed by atoms with Gasteiger partial charge in [-0.1, -0.05) is 121 Å². The van der Waals surface area contributed by atoms with Crippen molar-refractivity contribution in [2.24, 2.45) is 0 Å². The quantitative estimate of drug-likeness (QED) is 0.180. The smallest absolute Gasteiger partial charge is 0.235 e. The molecule has 0 aliphatic heterocycles. The van der Waals surface area contributed by atoms with Gasteiger partial charge in [0.1, 0.15) is 11.2 Å². The number of benzene rings is 9. The molecule has 0 saturated heterocycles. The molecule has 0 bridgehead atoms. The zero-order valence-electron chi connectivity index (χ0n) is 31.7. The summed E-state index contributed by atoms with van der Waals surface area (Å²) in [5, 5.41) is 10.2. The highest BCUT2D eigenvalue weighted by Gasteiger charge is 2.21. The Morgan fingerprint density at radius 3 is 1.71 bits per heavy atom. The van der Waals surface area contributed by atoms with Crippen LogP contribution in [0.25, 0.3) is 121 Å². The Kier molecular flexibility index (Phi) is 6.66. The topological polar surface area (TPSA) is 48.8 Å². The van der Waals surface area contributed by atoms with Gasteiger partial charge in [-0.3, -0.25) is 4.57 Å². The van der Waals surface area contributed by atoms with Crippen LogP contribution in [0, 0.1) is 0 Å². The molecule has 0 aliphatic rings. The largest absolute Gasteiger partial charge is 0.456 e. The molecule has 0 fully saturated rings. The monoisotopic (exact) mass is 752 g/mol. The summed E-state index contributed by atoms with van der Waals surface area (Å²) in [6, 6.07) is 69.0. The van der Waals surface area contributed by atoms with Crippen LogP contribution in [-0.2, 0) is 0 Å². The SMILES string of the molecule is c1ccc(-n2c3ccccc3c3cc(-c4ccc5c(c4)c4ccccc4n5-c4nc(-c5cccc6oc7cc8ccccc8cc7c56)c5ccccc5n4)ccc32)cc1. The van der Waals surface area contributed by atoms with Crippen molar-refractivity contribution < 1.29 is 4.42 Å². The van der Waals surface area contributed by atoms with Crippen LogP contribution in [0.2, 0.25) is 0 Å². The molecule has 0 atom stereocenters. The number of rotatable bonds is 4. The van der Waals surface area contributed by atoms with E-state index in [2.05, 4.69) is 203 Å². The third-order valence-corrected chi connectivity index (χ3v) is 12.1. The zero-order chi connectivity index (χ0) is 38.6. The highest BCUT2D eigenvalue weighted by molar-refractivity contribution is 6.17. The molecule has 4 aromatic heterocycles. The van der Waals surface area contributed by atoms with E-state index in [-0.39, 0.29) is 0 Å². The molecule has 13 rings (SSSR count). The first-order chi connectivity index (χ1) is 29.2. The molecule has 0 saturated carbocycles. The second-order valence-corrected chi connectivity index (χ2v) is 15.4. The molecule has 274 valence electrons.